The summed E-state index contributed by atoms with van der Waals surface area (Å²) in [4.78, 5) is 20.3. The van der Waals surface area contributed by atoms with Crippen LogP contribution >= 0.6 is 0 Å². The molecule has 1 aromatic heterocycles. The minimum Gasteiger partial charge on any atom is -0.351 e. The predicted molar refractivity (Wildman–Crippen MR) is 141 cm³/mol. The Kier molecular flexibility index (Phi) is 5.80. The average Bonchev–Trinajstić information content (AvgIpc) is 3.42. The smallest absolute Gasteiger partial charge is 0.254 e. The number of carbonyl (C=O) groups excluding carboxylic acids is 1. The Morgan fingerprint density at radius 3 is 2.59 bits per heavy atom. The summed E-state index contributed by atoms with van der Waals surface area (Å²) in [6.45, 7) is 0.866. The van der Waals surface area contributed by atoms with Crippen LogP contribution in [0.25, 0.3) is 10.9 Å². The molecule has 4 aromatic rings. The van der Waals surface area contributed by atoms with Crippen molar-refractivity contribution in [2.45, 2.75) is 18.9 Å². The topological polar surface area (TPSA) is 37.6 Å². The molecule has 3 aromatic carbocycles. The molecule has 0 aliphatic carbocycles. The van der Waals surface area contributed by atoms with Crippen LogP contribution in [0.1, 0.15) is 22.3 Å². The van der Waals surface area contributed by atoms with Gasteiger partial charge in [0, 0.05) is 55.3 Å². The zero-order valence-corrected chi connectivity index (χ0v) is 20.1. The maximum Gasteiger partial charge on any atom is 0.254 e. The molecule has 5 nitrogen and oxygen atoms in total. The second kappa shape index (κ2) is 8.92. The summed E-state index contributed by atoms with van der Waals surface area (Å²) in [5.74, 6) is 0.0656. The standard InChI is InChI=1S/C29H31N4O/c1-31-18-16-24-25(12-9-14-27(24)31)29(34)32(2)23(20-22-10-5-4-6-11-22)17-19-33(3)21-30-26-13-7-8-15-28(26)33/h4-16,18,21,23H,17,19-20H2,1-3H3/q+1. The lowest BCUT2D eigenvalue weighted by Crippen LogP contribution is -2.47. The summed E-state index contributed by atoms with van der Waals surface area (Å²) in [5.41, 5.74) is 5.31. The number of para-hydroxylation sites is 2. The number of benzene rings is 3. The van der Waals surface area contributed by atoms with E-state index >= 15 is 0 Å². The van der Waals surface area contributed by atoms with Gasteiger partial charge >= 0.3 is 0 Å². The molecule has 0 N–H and O–H groups in total. The quantitative estimate of drug-likeness (QED) is 0.339. The van der Waals surface area contributed by atoms with Crippen LogP contribution in [0.3, 0.4) is 0 Å². The monoisotopic (exact) mass is 451 g/mol. The Morgan fingerprint density at radius 2 is 1.76 bits per heavy atom. The maximum absolute atomic E-state index is 13.8. The highest BCUT2D eigenvalue weighted by Crippen LogP contribution is 2.37. The van der Waals surface area contributed by atoms with Gasteiger partial charge in [-0.15, -0.1) is 0 Å². The second-order valence-corrected chi connectivity index (χ2v) is 9.44. The number of aromatic nitrogens is 1. The van der Waals surface area contributed by atoms with Gasteiger partial charge in [-0.1, -0.05) is 48.5 Å². The van der Waals surface area contributed by atoms with Gasteiger partial charge in [-0.05, 0) is 36.2 Å². The zero-order valence-electron chi connectivity index (χ0n) is 20.1. The fourth-order valence-electron chi connectivity index (χ4n) is 5.02. The maximum atomic E-state index is 13.8. The van der Waals surface area contributed by atoms with Gasteiger partial charge in [-0.2, -0.15) is 4.99 Å². The van der Waals surface area contributed by atoms with Crippen molar-refractivity contribution in [1.29, 1.82) is 0 Å². The van der Waals surface area contributed by atoms with Gasteiger partial charge in [0.05, 0.1) is 13.6 Å². The highest BCUT2D eigenvalue weighted by molar-refractivity contribution is 6.06. The fourth-order valence-corrected chi connectivity index (χ4v) is 5.02. The van der Waals surface area contributed by atoms with Crippen LogP contribution in [-0.4, -0.2) is 48.4 Å². The summed E-state index contributed by atoms with van der Waals surface area (Å²) in [7, 11) is 6.16. The minimum atomic E-state index is 0.0602. The van der Waals surface area contributed by atoms with Crippen LogP contribution in [0.5, 0.6) is 0 Å². The van der Waals surface area contributed by atoms with E-state index in [1.807, 2.05) is 61.9 Å². The number of aryl methyl sites for hydroxylation is 1. The van der Waals surface area contributed by atoms with E-state index in [2.05, 4.69) is 65.1 Å². The first kappa shape index (κ1) is 22.1. The number of amides is 1. The van der Waals surface area contributed by atoms with Crippen LogP contribution < -0.4 is 4.48 Å². The third-order valence-electron chi connectivity index (χ3n) is 7.15. The van der Waals surface area contributed by atoms with Crippen LogP contribution in [0.15, 0.2) is 90.1 Å². The van der Waals surface area contributed by atoms with Crippen molar-refractivity contribution >= 4 is 34.5 Å². The molecule has 0 saturated carbocycles. The molecule has 0 fully saturated rings. The number of nitrogens with zero attached hydrogens (tertiary/aromatic N) is 4. The molecule has 0 bridgehead atoms. The van der Waals surface area contributed by atoms with Gasteiger partial charge in [-0.3, -0.25) is 4.79 Å². The molecule has 34 heavy (non-hydrogen) atoms. The van der Waals surface area contributed by atoms with Gasteiger partial charge in [0.15, 0.2) is 12.0 Å². The van der Waals surface area contributed by atoms with Gasteiger partial charge < -0.3 is 9.47 Å². The van der Waals surface area contributed by atoms with Crippen molar-refractivity contribution in [3.63, 3.8) is 0 Å². The number of carbonyl (C=O) groups is 1. The Balaban J connectivity index is 1.42. The molecular weight excluding hydrogens is 420 g/mol. The van der Waals surface area contributed by atoms with Crippen molar-refractivity contribution < 1.29 is 4.79 Å². The van der Waals surface area contributed by atoms with Gasteiger partial charge in [0.25, 0.3) is 5.91 Å². The predicted octanol–water partition coefficient (Wildman–Crippen LogP) is 5.56. The Labute approximate surface area is 201 Å². The molecule has 2 atom stereocenters. The second-order valence-electron chi connectivity index (χ2n) is 9.44. The van der Waals surface area contributed by atoms with E-state index in [0.29, 0.717) is 4.48 Å². The Morgan fingerprint density at radius 1 is 1.00 bits per heavy atom. The first-order valence-corrected chi connectivity index (χ1v) is 11.8. The van der Waals surface area contributed by atoms with E-state index < -0.39 is 0 Å². The van der Waals surface area contributed by atoms with Crippen molar-refractivity contribution in [2.24, 2.45) is 12.0 Å². The van der Waals surface area contributed by atoms with E-state index in [-0.39, 0.29) is 11.9 Å². The molecule has 1 aliphatic heterocycles. The lowest BCUT2D eigenvalue weighted by atomic mass is 9.99. The first-order chi connectivity index (χ1) is 16.5. The fraction of sp³-hybridized carbons (Fsp3) is 0.241. The summed E-state index contributed by atoms with van der Waals surface area (Å²) in [6, 6.07) is 26.8. The summed E-state index contributed by atoms with van der Waals surface area (Å²) >= 11 is 0. The van der Waals surface area contributed by atoms with Crippen LogP contribution in [-0.2, 0) is 13.5 Å². The number of hydrogen-bond donors (Lipinski definition) is 0. The zero-order chi connectivity index (χ0) is 23.7. The van der Waals surface area contributed by atoms with Gasteiger partial charge in [0.2, 0.25) is 0 Å². The highest BCUT2D eigenvalue weighted by atomic mass is 16.2. The minimum absolute atomic E-state index is 0.0602. The largest absolute Gasteiger partial charge is 0.351 e. The Hall–Kier alpha value is -3.70. The van der Waals surface area contributed by atoms with E-state index in [1.54, 1.807) is 0 Å². The van der Waals surface area contributed by atoms with Crippen molar-refractivity contribution in [2.75, 3.05) is 20.6 Å². The molecule has 0 spiro atoms. The van der Waals surface area contributed by atoms with E-state index in [4.69, 9.17) is 0 Å². The third-order valence-corrected chi connectivity index (χ3v) is 7.15. The lowest BCUT2D eigenvalue weighted by Gasteiger charge is -2.32. The summed E-state index contributed by atoms with van der Waals surface area (Å²) in [6.07, 6.45) is 5.71. The third kappa shape index (κ3) is 4.03. The van der Waals surface area contributed by atoms with Crippen LogP contribution in [0.2, 0.25) is 0 Å². The molecule has 5 heteroatoms. The number of likely N-dealkylation sites (N-methyl/N-ethyl adjacent to an activating group) is 1. The van der Waals surface area contributed by atoms with E-state index in [0.717, 1.165) is 41.5 Å². The molecule has 1 amide bonds. The molecule has 5 rings (SSSR count). The molecule has 2 unspecified atom stereocenters. The molecule has 0 saturated heterocycles. The van der Waals surface area contributed by atoms with E-state index in [9.17, 15) is 4.79 Å². The average molecular weight is 452 g/mol. The highest BCUT2D eigenvalue weighted by Gasteiger charge is 2.33. The lowest BCUT2D eigenvalue weighted by molar-refractivity contribution is 0.0722. The van der Waals surface area contributed by atoms with Crippen molar-refractivity contribution in [1.82, 2.24) is 14.0 Å². The van der Waals surface area contributed by atoms with E-state index in [1.165, 1.54) is 11.3 Å². The summed E-state index contributed by atoms with van der Waals surface area (Å²) < 4.78 is 2.71. The van der Waals surface area contributed by atoms with Crippen LogP contribution in [0, 0.1) is 0 Å². The summed E-state index contributed by atoms with van der Waals surface area (Å²) in [5, 5.41) is 1.000. The molecule has 0 radical (unpaired) electrons. The molecular formula is C29H31N4O+. The van der Waals surface area contributed by atoms with Gasteiger partial charge in [0.1, 0.15) is 5.69 Å². The normalized spacial score (nSPS) is 17.6. The molecule has 172 valence electrons. The molecule has 2 heterocycles. The van der Waals surface area contributed by atoms with Gasteiger partial charge in [-0.25, -0.2) is 4.48 Å². The number of fused-ring (bicyclic) bond motifs is 2. The van der Waals surface area contributed by atoms with Crippen LogP contribution in [0.4, 0.5) is 11.4 Å². The first-order valence-electron chi connectivity index (χ1n) is 11.8. The van der Waals surface area contributed by atoms with Crippen molar-refractivity contribution in [3.05, 3.63) is 96.2 Å². The number of hydrogen-bond acceptors (Lipinski definition) is 2. The Bertz CT molecular complexity index is 1360. The SMILES string of the molecule is CN(C(=O)c1cccc2c1ccn2C)C(CC[N+]1(C)C=Nc2ccccc21)Cc1ccccc1. The van der Waals surface area contributed by atoms with Crippen molar-refractivity contribution in [3.8, 4) is 0 Å². The number of quaternary nitrogens is 1. The molecule has 1 aliphatic rings. The number of rotatable bonds is 7. The number of aliphatic imine (C=N–C) groups is 1.